The lowest BCUT2D eigenvalue weighted by Crippen LogP contribution is -2.26. The highest BCUT2D eigenvalue weighted by molar-refractivity contribution is 6.76. The zero-order valence-electron chi connectivity index (χ0n) is 13.8. The van der Waals surface area contributed by atoms with Gasteiger partial charge in [0, 0.05) is 26.9 Å². The Morgan fingerprint density at radius 1 is 1.36 bits per heavy atom. The van der Waals surface area contributed by atoms with Crippen LogP contribution in [-0.2, 0) is 18.0 Å². The number of ether oxygens (including phenoxy) is 1. The Morgan fingerprint density at radius 3 is 2.73 bits per heavy atom. The molecule has 0 radical (unpaired) electrons. The Labute approximate surface area is 131 Å². The Morgan fingerprint density at radius 2 is 2.09 bits per heavy atom. The van der Waals surface area contributed by atoms with Crippen LogP contribution in [0.15, 0.2) is 17.1 Å². The van der Waals surface area contributed by atoms with Crippen molar-refractivity contribution in [1.29, 1.82) is 0 Å². The number of aliphatic hydroxyl groups is 1. The van der Waals surface area contributed by atoms with Gasteiger partial charge in [-0.05, 0) is 19.0 Å². The standard InChI is InChI=1S/C15H25N3O3Si/c1-12-9-13-14(17(12)5-6-19)10-16-18(15(13)20)11-21-7-8-22(2,3)4/h9-10,19H,5-8,11H2,1-4H3. The lowest BCUT2D eigenvalue weighted by Gasteiger charge is -2.15. The first-order valence-corrected chi connectivity index (χ1v) is 11.3. The van der Waals surface area contributed by atoms with Crippen LogP contribution in [0.4, 0.5) is 0 Å². The number of hydrogen-bond acceptors (Lipinski definition) is 4. The van der Waals surface area contributed by atoms with Gasteiger partial charge in [0.25, 0.3) is 5.56 Å². The van der Waals surface area contributed by atoms with E-state index in [1.807, 2.05) is 17.6 Å². The SMILES string of the molecule is Cc1cc2c(=O)n(COCC[Si](C)(C)C)ncc2n1CCO. The van der Waals surface area contributed by atoms with E-state index in [9.17, 15) is 4.79 Å². The molecule has 122 valence electrons. The Hall–Kier alpha value is -1.44. The monoisotopic (exact) mass is 323 g/mol. The summed E-state index contributed by atoms with van der Waals surface area (Å²) in [6.45, 7) is 10.1. The molecular formula is C15H25N3O3Si. The Balaban J connectivity index is 2.16. The van der Waals surface area contributed by atoms with Gasteiger partial charge in [0.05, 0.1) is 23.7 Å². The molecule has 0 aliphatic rings. The Bertz CT molecular complexity index is 700. The molecule has 0 amide bonds. The van der Waals surface area contributed by atoms with Gasteiger partial charge in [0.15, 0.2) is 0 Å². The predicted octanol–water partition coefficient (Wildman–Crippen LogP) is 1.81. The number of aryl methyl sites for hydroxylation is 1. The third kappa shape index (κ3) is 3.85. The van der Waals surface area contributed by atoms with Crippen molar-refractivity contribution in [2.24, 2.45) is 0 Å². The molecule has 0 spiro atoms. The van der Waals surface area contributed by atoms with Crippen molar-refractivity contribution in [3.05, 3.63) is 28.3 Å². The van der Waals surface area contributed by atoms with E-state index in [0.717, 1.165) is 17.3 Å². The zero-order valence-corrected chi connectivity index (χ0v) is 14.8. The number of fused-ring (bicyclic) bond motifs is 1. The smallest absolute Gasteiger partial charge is 0.278 e. The molecule has 0 unspecified atom stereocenters. The normalized spacial score (nSPS) is 12.2. The minimum atomic E-state index is -1.13. The molecule has 0 bridgehead atoms. The molecule has 0 atom stereocenters. The average Bonchev–Trinajstić information content (AvgIpc) is 2.74. The molecule has 7 heteroatoms. The van der Waals surface area contributed by atoms with Gasteiger partial charge in [0.1, 0.15) is 6.73 Å². The van der Waals surface area contributed by atoms with Crippen LogP contribution in [0, 0.1) is 6.92 Å². The predicted molar refractivity (Wildman–Crippen MR) is 89.9 cm³/mol. The van der Waals surface area contributed by atoms with Crippen LogP contribution in [0.5, 0.6) is 0 Å². The van der Waals surface area contributed by atoms with Crippen molar-refractivity contribution >= 4 is 19.0 Å². The molecule has 6 nitrogen and oxygen atoms in total. The summed E-state index contributed by atoms with van der Waals surface area (Å²) in [4.78, 5) is 12.4. The van der Waals surface area contributed by atoms with Crippen LogP contribution in [0.3, 0.4) is 0 Å². The van der Waals surface area contributed by atoms with E-state index in [2.05, 4.69) is 24.7 Å². The molecule has 0 aliphatic carbocycles. The molecule has 0 saturated heterocycles. The lowest BCUT2D eigenvalue weighted by atomic mass is 10.3. The van der Waals surface area contributed by atoms with Crippen molar-refractivity contribution in [3.8, 4) is 0 Å². The summed E-state index contributed by atoms with van der Waals surface area (Å²) in [6.07, 6.45) is 1.67. The lowest BCUT2D eigenvalue weighted by molar-refractivity contribution is 0.0754. The van der Waals surface area contributed by atoms with E-state index >= 15 is 0 Å². The van der Waals surface area contributed by atoms with Gasteiger partial charge in [-0.2, -0.15) is 5.10 Å². The highest BCUT2D eigenvalue weighted by Crippen LogP contribution is 2.15. The maximum absolute atomic E-state index is 12.4. The van der Waals surface area contributed by atoms with Crippen molar-refractivity contribution in [3.63, 3.8) is 0 Å². The molecule has 0 fully saturated rings. The minimum Gasteiger partial charge on any atom is -0.395 e. The van der Waals surface area contributed by atoms with Crippen LogP contribution in [0.1, 0.15) is 5.69 Å². The summed E-state index contributed by atoms with van der Waals surface area (Å²) >= 11 is 0. The van der Waals surface area contributed by atoms with E-state index in [4.69, 9.17) is 9.84 Å². The second-order valence-corrected chi connectivity index (χ2v) is 12.4. The molecule has 2 aromatic heterocycles. The van der Waals surface area contributed by atoms with E-state index in [0.29, 0.717) is 18.5 Å². The first-order valence-electron chi connectivity index (χ1n) is 7.58. The first-order chi connectivity index (χ1) is 10.3. The molecule has 2 rings (SSSR count). The third-order valence-corrected chi connectivity index (χ3v) is 5.37. The van der Waals surface area contributed by atoms with Gasteiger partial charge < -0.3 is 14.4 Å². The molecule has 0 saturated carbocycles. The molecule has 2 heterocycles. The summed E-state index contributed by atoms with van der Waals surface area (Å²) in [7, 11) is -1.13. The van der Waals surface area contributed by atoms with Gasteiger partial charge in [-0.3, -0.25) is 4.79 Å². The number of aromatic nitrogens is 3. The zero-order chi connectivity index (χ0) is 16.3. The maximum Gasteiger partial charge on any atom is 0.278 e. The Kier molecular flexibility index (Phi) is 5.20. The summed E-state index contributed by atoms with van der Waals surface area (Å²) in [5.74, 6) is 0. The van der Waals surface area contributed by atoms with Gasteiger partial charge in [-0.15, -0.1) is 0 Å². The second kappa shape index (κ2) is 6.76. The largest absolute Gasteiger partial charge is 0.395 e. The van der Waals surface area contributed by atoms with E-state index < -0.39 is 8.07 Å². The summed E-state index contributed by atoms with van der Waals surface area (Å²) in [5, 5.41) is 13.9. The quantitative estimate of drug-likeness (QED) is 0.623. The van der Waals surface area contributed by atoms with Crippen molar-refractivity contribution in [2.75, 3.05) is 13.2 Å². The van der Waals surface area contributed by atoms with Crippen LogP contribution in [-0.4, -0.2) is 40.7 Å². The van der Waals surface area contributed by atoms with Crippen molar-refractivity contribution < 1.29 is 9.84 Å². The van der Waals surface area contributed by atoms with Crippen molar-refractivity contribution in [2.45, 2.75) is 45.9 Å². The van der Waals surface area contributed by atoms with Crippen LogP contribution >= 0.6 is 0 Å². The highest BCUT2D eigenvalue weighted by atomic mass is 28.3. The van der Waals surface area contributed by atoms with Gasteiger partial charge in [-0.1, -0.05) is 19.6 Å². The topological polar surface area (TPSA) is 69.3 Å². The number of rotatable bonds is 7. The minimum absolute atomic E-state index is 0.0352. The van der Waals surface area contributed by atoms with Gasteiger partial charge >= 0.3 is 0 Å². The second-order valence-electron chi connectivity index (χ2n) is 6.76. The molecule has 22 heavy (non-hydrogen) atoms. The fraction of sp³-hybridized carbons (Fsp3) is 0.600. The maximum atomic E-state index is 12.4. The molecule has 0 aliphatic heterocycles. The van der Waals surface area contributed by atoms with Crippen LogP contribution in [0.2, 0.25) is 25.7 Å². The van der Waals surface area contributed by atoms with Gasteiger partial charge in [0.2, 0.25) is 0 Å². The molecule has 2 aromatic rings. The molecular weight excluding hydrogens is 298 g/mol. The fourth-order valence-electron chi connectivity index (χ4n) is 2.34. The first kappa shape index (κ1) is 16.9. The van der Waals surface area contributed by atoms with Crippen LogP contribution < -0.4 is 5.56 Å². The fourth-order valence-corrected chi connectivity index (χ4v) is 3.10. The van der Waals surface area contributed by atoms with E-state index in [1.54, 1.807) is 6.20 Å². The summed E-state index contributed by atoms with van der Waals surface area (Å²) < 4.78 is 8.86. The van der Waals surface area contributed by atoms with E-state index in [-0.39, 0.29) is 18.9 Å². The average molecular weight is 323 g/mol. The number of aliphatic hydroxyl groups excluding tert-OH is 1. The molecule has 0 aromatic carbocycles. The van der Waals surface area contributed by atoms with Gasteiger partial charge in [-0.25, -0.2) is 4.68 Å². The summed E-state index contributed by atoms with van der Waals surface area (Å²) in [6, 6.07) is 2.91. The van der Waals surface area contributed by atoms with Crippen LogP contribution in [0.25, 0.3) is 10.9 Å². The molecule has 1 N–H and O–H groups in total. The van der Waals surface area contributed by atoms with E-state index in [1.165, 1.54) is 4.68 Å². The number of hydrogen-bond donors (Lipinski definition) is 1. The number of nitrogens with zero attached hydrogens (tertiary/aromatic N) is 3. The third-order valence-electron chi connectivity index (χ3n) is 3.66. The van der Waals surface area contributed by atoms with Crippen molar-refractivity contribution in [1.82, 2.24) is 14.3 Å². The highest BCUT2D eigenvalue weighted by Gasteiger charge is 2.13. The summed E-state index contributed by atoms with van der Waals surface area (Å²) in [5.41, 5.74) is 1.56.